The van der Waals surface area contributed by atoms with Crippen molar-refractivity contribution in [2.75, 3.05) is 6.26 Å². The Morgan fingerprint density at radius 2 is 1.83 bits per heavy atom. The van der Waals surface area contributed by atoms with Gasteiger partial charge in [-0.3, -0.25) is 0 Å². The zero-order valence-corrected chi connectivity index (χ0v) is 10.3. The van der Waals surface area contributed by atoms with Crippen molar-refractivity contribution in [2.24, 2.45) is 0 Å². The summed E-state index contributed by atoms with van der Waals surface area (Å²) in [4.78, 5) is 15.5. The molecule has 0 atom stereocenters. The van der Waals surface area contributed by atoms with Gasteiger partial charge in [-0.15, -0.1) is 0 Å². The van der Waals surface area contributed by atoms with Crippen LogP contribution in [0.1, 0.15) is 10.5 Å². The molecule has 0 aliphatic carbocycles. The fourth-order valence-electron chi connectivity index (χ4n) is 1.36. The van der Waals surface area contributed by atoms with Crippen LogP contribution in [0, 0.1) is 0 Å². The smallest absolute Gasteiger partial charge is 0.372 e. The van der Waals surface area contributed by atoms with Crippen LogP contribution in [0.3, 0.4) is 0 Å². The largest absolute Gasteiger partial charge is 0.412 e. The topological polar surface area (TPSA) is 105 Å². The highest BCUT2D eigenvalue weighted by Crippen LogP contribution is 2.12. The molecule has 0 aliphatic heterocycles. The fraction of sp³-hybridized carbons (Fsp3) is 0.0909. The number of benzene rings is 1. The molecule has 0 bridgehead atoms. The third kappa shape index (κ3) is 3.25. The van der Waals surface area contributed by atoms with E-state index in [1.165, 1.54) is 6.07 Å². The Morgan fingerprint density at radius 1 is 1.17 bits per heavy atom. The third-order valence-electron chi connectivity index (χ3n) is 2.03. The molecular weight excluding hydrogens is 258 g/mol. The summed E-state index contributed by atoms with van der Waals surface area (Å²) in [7, 11) is -3.81. The lowest BCUT2D eigenvalue weighted by molar-refractivity contribution is 0.0743. The number of carbonyl (C=O) groups excluding carboxylic acids is 1. The van der Waals surface area contributed by atoms with E-state index < -0.39 is 16.1 Å². The number of nitrogens with zero attached hydrogens (tertiary/aromatic N) is 1. The Morgan fingerprint density at radius 3 is 2.50 bits per heavy atom. The second-order valence-corrected chi connectivity index (χ2v) is 5.04. The normalized spacial score (nSPS) is 10.7. The molecule has 0 radical (unpaired) electrons. The number of aromatic nitrogens is 1. The number of para-hydroxylation sites is 1. The fourth-order valence-corrected chi connectivity index (χ4v) is 1.72. The van der Waals surface area contributed by atoms with Crippen molar-refractivity contribution in [3.05, 3.63) is 42.1 Å². The second-order valence-electron chi connectivity index (χ2n) is 3.46. The van der Waals surface area contributed by atoms with Gasteiger partial charge in [0, 0.05) is 5.39 Å². The Kier molecular flexibility index (Phi) is 4.00. The predicted molar refractivity (Wildman–Crippen MR) is 65.6 cm³/mol. The molecule has 2 aromatic rings. The van der Waals surface area contributed by atoms with Crippen molar-refractivity contribution in [1.82, 2.24) is 4.98 Å². The predicted octanol–water partition coefficient (Wildman–Crippen LogP) is 0.526. The molecular formula is C11H11NO5S. The molecule has 1 aromatic carbocycles. The van der Waals surface area contributed by atoms with E-state index in [1.54, 1.807) is 18.2 Å². The summed E-state index contributed by atoms with van der Waals surface area (Å²) < 4.78 is 25.9. The molecule has 6 nitrogen and oxygen atoms in total. The number of hydrogen-bond donors (Lipinski definition) is 0. The average Bonchev–Trinajstić information content (AvgIpc) is 2.26. The van der Waals surface area contributed by atoms with E-state index >= 15 is 0 Å². The maximum atomic E-state index is 11.4. The summed E-state index contributed by atoms with van der Waals surface area (Å²) in [6.07, 6.45) is 0.811. The van der Waals surface area contributed by atoms with E-state index in [1.807, 2.05) is 12.1 Å². The quantitative estimate of drug-likeness (QED) is 0.739. The van der Waals surface area contributed by atoms with Gasteiger partial charge in [0.2, 0.25) is 0 Å². The van der Waals surface area contributed by atoms with E-state index in [2.05, 4.69) is 9.17 Å². The van der Waals surface area contributed by atoms with Crippen LogP contribution < -0.4 is 0 Å². The van der Waals surface area contributed by atoms with Crippen molar-refractivity contribution in [3.8, 4) is 0 Å². The number of pyridine rings is 1. The van der Waals surface area contributed by atoms with Crippen LogP contribution in [0.2, 0.25) is 0 Å². The Labute approximate surface area is 104 Å². The molecule has 7 heteroatoms. The summed E-state index contributed by atoms with van der Waals surface area (Å²) >= 11 is 0. The molecule has 1 aromatic heterocycles. The maximum absolute atomic E-state index is 11.4. The Hall–Kier alpha value is -1.99. The highest BCUT2D eigenvalue weighted by atomic mass is 32.2. The summed E-state index contributed by atoms with van der Waals surface area (Å²) in [5.41, 5.74) is 0.574. The van der Waals surface area contributed by atoms with E-state index in [9.17, 15) is 13.2 Å². The van der Waals surface area contributed by atoms with E-state index in [4.69, 9.17) is 0 Å². The van der Waals surface area contributed by atoms with E-state index in [0.29, 0.717) is 5.52 Å². The molecule has 18 heavy (non-hydrogen) atoms. The second kappa shape index (κ2) is 5.11. The first-order valence-corrected chi connectivity index (χ1v) is 6.57. The zero-order chi connectivity index (χ0) is 12.5. The minimum absolute atomic E-state index is 0. The van der Waals surface area contributed by atoms with Crippen LogP contribution in [0.15, 0.2) is 36.4 Å². The van der Waals surface area contributed by atoms with Crippen molar-refractivity contribution in [2.45, 2.75) is 0 Å². The molecule has 0 saturated carbocycles. The molecule has 0 aliphatic rings. The van der Waals surface area contributed by atoms with Crippen LogP contribution in [-0.4, -0.2) is 31.1 Å². The van der Waals surface area contributed by atoms with Crippen molar-refractivity contribution in [1.29, 1.82) is 0 Å². The zero-order valence-electron chi connectivity index (χ0n) is 9.45. The third-order valence-corrected chi connectivity index (χ3v) is 2.49. The lowest BCUT2D eigenvalue weighted by atomic mass is 10.2. The molecule has 0 unspecified atom stereocenters. The van der Waals surface area contributed by atoms with E-state index in [-0.39, 0.29) is 11.2 Å². The number of fused-ring (bicyclic) bond motifs is 1. The molecule has 0 amide bonds. The number of carbonyl (C=O) groups is 1. The first-order valence-electron chi connectivity index (χ1n) is 4.75. The Balaban J connectivity index is 0.00000162. The SMILES string of the molecule is CS(=O)(=O)OC(=O)c1ccc2ccccc2n1.O. The van der Waals surface area contributed by atoms with Crippen molar-refractivity contribution in [3.63, 3.8) is 0 Å². The van der Waals surface area contributed by atoms with E-state index in [0.717, 1.165) is 11.6 Å². The Bertz CT molecular complexity index is 681. The lowest BCUT2D eigenvalue weighted by Crippen LogP contribution is -2.12. The van der Waals surface area contributed by atoms with Gasteiger partial charge >= 0.3 is 16.1 Å². The summed E-state index contributed by atoms with van der Waals surface area (Å²) in [6, 6.07) is 10.3. The van der Waals surface area contributed by atoms with Gasteiger partial charge in [0.15, 0.2) is 0 Å². The summed E-state index contributed by atoms with van der Waals surface area (Å²) in [5, 5.41) is 0.864. The minimum Gasteiger partial charge on any atom is -0.412 e. The molecule has 2 N–H and O–H groups in total. The van der Waals surface area contributed by atoms with Gasteiger partial charge < -0.3 is 9.66 Å². The highest BCUT2D eigenvalue weighted by Gasteiger charge is 2.15. The summed E-state index contributed by atoms with van der Waals surface area (Å²) in [5.74, 6) is -0.974. The van der Waals surface area contributed by atoms with Crippen LogP contribution in [0.25, 0.3) is 10.9 Å². The standard InChI is InChI=1S/C11H9NO4S.H2O/c1-17(14,15)16-11(13)10-7-6-8-4-2-3-5-9(8)12-10;/h2-7H,1H3;1H2. The van der Waals surface area contributed by atoms with Crippen LogP contribution >= 0.6 is 0 Å². The van der Waals surface area contributed by atoms with Crippen LogP contribution in [0.5, 0.6) is 0 Å². The van der Waals surface area contributed by atoms with Gasteiger partial charge in [-0.05, 0) is 12.1 Å². The van der Waals surface area contributed by atoms with Crippen LogP contribution in [0.4, 0.5) is 0 Å². The monoisotopic (exact) mass is 269 g/mol. The van der Waals surface area contributed by atoms with Gasteiger partial charge in [-0.2, -0.15) is 8.42 Å². The van der Waals surface area contributed by atoms with Crippen LogP contribution in [-0.2, 0) is 14.3 Å². The first kappa shape index (κ1) is 14.1. The number of rotatable bonds is 2. The highest BCUT2D eigenvalue weighted by molar-refractivity contribution is 7.86. The number of hydrogen-bond acceptors (Lipinski definition) is 5. The van der Waals surface area contributed by atoms with Crippen molar-refractivity contribution >= 4 is 27.0 Å². The maximum Gasteiger partial charge on any atom is 0.372 e. The lowest BCUT2D eigenvalue weighted by Gasteiger charge is -2.02. The van der Waals surface area contributed by atoms with Gasteiger partial charge in [-0.1, -0.05) is 24.3 Å². The van der Waals surface area contributed by atoms with Crippen molar-refractivity contribution < 1.29 is 22.9 Å². The minimum atomic E-state index is -3.81. The molecule has 0 fully saturated rings. The molecule has 1 heterocycles. The molecule has 2 rings (SSSR count). The van der Waals surface area contributed by atoms with Gasteiger partial charge in [0.25, 0.3) is 0 Å². The first-order chi connectivity index (χ1) is 7.96. The molecule has 0 spiro atoms. The summed E-state index contributed by atoms with van der Waals surface area (Å²) in [6.45, 7) is 0. The van der Waals surface area contributed by atoms with Gasteiger partial charge in [-0.25, -0.2) is 9.78 Å². The molecule has 0 saturated heterocycles. The van der Waals surface area contributed by atoms with Gasteiger partial charge in [0.05, 0.1) is 11.8 Å². The molecule has 96 valence electrons. The average molecular weight is 269 g/mol. The van der Waals surface area contributed by atoms with Gasteiger partial charge in [0.1, 0.15) is 5.69 Å².